The van der Waals surface area contributed by atoms with Gasteiger partial charge in [0.2, 0.25) is 0 Å². The molecule has 1 rings (SSSR count). The highest BCUT2D eigenvalue weighted by Crippen LogP contribution is 2.17. The van der Waals surface area contributed by atoms with Crippen molar-refractivity contribution < 1.29 is 8.78 Å². The van der Waals surface area contributed by atoms with Crippen molar-refractivity contribution in [3.8, 4) is 0 Å². The van der Waals surface area contributed by atoms with Gasteiger partial charge < -0.3 is 0 Å². The number of aromatic nitrogens is 1. The summed E-state index contributed by atoms with van der Waals surface area (Å²) in [6.07, 6.45) is 2.62. The number of hydrogen-bond donors (Lipinski definition) is 0. The summed E-state index contributed by atoms with van der Waals surface area (Å²) in [7, 11) is 0. The highest BCUT2D eigenvalue weighted by atomic mass is 19.3. The van der Waals surface area contributed by atoms with Gasteiger partial charge in [-0.15, -0.1) is 0 Å². The zero-order valence-corrected chi connectivity index (χ0v) is 5.93. The molecule has 1 aromatic heterocycles. The second-order valence-corrected chi connectivity index (χ2v) is 2.39. The van der Waals surface area contributed by atoms with Crippen LogP contribution in [0.3, 0.4) is 0 Å². The van der Waals surface area contributed by atoms with Crippen molar-refractivity contribution in [3.63, 3.8) is 0 Å². The van der Waals surface area contributed by atoms with Gasteiger partial charge in [-0.05, 0) is 11.6 Å². The molecule has 0 aliphatic rings. The fourth-order valence-electron chi connectivity index (χ4n) is 0.801. The second-order valence-electron chi connectivity index (χ2n) is 2.39. The summed E-state index contributed by atoms with van der Waals surface area (Å²) >= 11 is 0. The van der Waals surface area contributed by atoms with Crippen LogP contribution in [0.1, 0.15) is 5.56 Å². The third-order valence-corrected chi connectivity index (χ3v) is 1.19. The van der Waals surface area contributed by atoms with E-state index in [0.29, 0.717) is 5.56 Å². The van der Waals surface area contributed by atoms with E-state index in [2.05, 4.69) is 11.9 Å². The zero-order valence-electron chi connectivity index (χ0n) is 5.93. The maximum absolute atomic E-state index is 12.3. The molecule has 0 aliphatic carbocycles. The van der Waals surface area contributed by atoms with Crippen LogP contribution >= 0.6 is 0 Å². The third kappa shape index (κ3) is 3.07. The zero-order chi connectivity index (χ0) is 8.32. The smallest absolute Gasteiger partial charge is 0.252 e. The molecule has 1 aromatic rings. The molecule has 1 radical (unpaired) electrons. The number of alkyl halides is 2. The molecular weight excluding hydrogens is 148 g/mol. The predicted molar refractivity (Wildman–Crippen MR) is 38.2 cm³/mol. The van der Waals surface area contributed by atoms with E-state index in [1.807, 2.05) is 0 Å². The summed E-state index contributed by atoms with van der Waals surface area (Å²) < 4.78 is 24.5. The lowest BCUT2D eigenvalue weighted by Crippen LogP contribution is -2.13. The average Bonchev–Trinajstić information content (AvgIpc) is 1.85. The molecule has 0 unspecified atom stereocenters. The van der Waals surface area contributed by atoms with Crippen LogP contribution in [-0.4, -0.2) is 10.9 Å². The van der Waals surface area contributed by atoms with E-state index in [0.717, 1.165) is 0 Å². The van der Waals surface area contributed by atoms with E-state index < -0.39 is 5.92 Å². The van der Waals surface area contributed by atoms with Crippen LogP contribution in [-0.2, 0) is 6.42 Å². The average molecular weight is 156 g/mol. The van der Waals surface area contributed by atoms with Crippen molar-refractivity contribution in [2.45, 2.75) is 12.3 Å². The van der Waals surface area contributed by atoms with Gasteiger partial charge in [0, 0.05) is 25.7 Å². The second kappa shape index (κ2) is 2.95. The molecule has 59 valence electrons. The van der Waals surface area contributed by atoms with Gasteiger partial charge in [0.05, 0.1) is 0 Å². The molecule has 3 heteroatoms. The summed E-state index contributed by atoms with van der Waals surface area (Å²) in [5.41, 5.74) is 0.507. The van der Waals surface area contributed by atoms with E-state index in [1.54, 1.807) is 18.3 Å². The molecule has 0 spiro atoms. The molecule has 0 amide bonds. The van der Waals surface area contributed by atoms with Crippen LogP contribution < -0.4 is 0 Å². The molecular formula is C8H8F2N. The van der Waals surface area contributed by atoms with Crippen molar-refractivity contribution in [1.82, 2.24) is 4.98 Å². The molecule has 1 heterocycles. The first kappa shape index (κ1) is 8.11. The fourth-order valence-corrected chi connectivity index (χ4v) is 0.801. The van der Waals surface area contributed by atoms with Crippen LogP contribution in [0.2, 0.25) is 0 Å². The molecule has 0 bridgehead atoms. The van der Waals surface area contributed by atoms with Gasteiger partial charge in [-0.1, -0.05) is 6.07 Å². The van der Waals surface area contributed by atoms with E-state index in [4.69, 9.17) is 0 Å². The summed E-state index contributed by atoms with van der Waals surface area (Å²) in [5, 5.41) is 0. The Labute approximate surface area is 64.1 Å². The Morgan fingerprint density at radius 1 is 1.55 bits per heavy atom. The Balaban J connectivity index is 2.66. The summed E-state index contributed by atoms with van der Waals surface area (Å²) in [6.45, 7) is 2.70. The number of halogens is 2. The number of rotatable bonds is 2. The van der Waals surface area contributed by atoms with E-state index in [1.165, 1.54) is 6.20 Å². The van der Waals surface area contributed by atoms with Crippen LogP contribution in [0.25, 0.3) is 0 Å². The molecule has 0 saturated carbocycles. The largest absolute Gasteiger partial charge is 0.264 e. The van der Waals surface area contributed by atoms with Crippen LogP contribution in [0, 0.1) is 6.92 Å². The first-order chi connectivity index (χ1) is 5.08. The Bertz CT molecular complexity index is 215. The van der Waals surface area contributed by atoms with Gasteiger partial charge in [-0.2, -0.15) is 0 Å². The van der Waals surface area contributed by atoms with Gasteiger partial charge in [0.1, 0.15) is 0 Å². The summed E-state index contributed by atoms with van der Waals surface area (Å²) in [6, 6.07) is 3.23. The summed E-state index contributed by atoms with van der Waals surface area (Å²) in [5.74, 6) is -2.89. The van der Waals surface area contributed by atoms with Gasteiger partial charge in [0.25, 0.3) is 5.92 Å². The molecule has 1 nitrogen and oxygen atoms in total. The quantitative estimate of drug-likeness (QED) is 0.638. The highest BCUT2D eigenvalue weighted by Gasteiger charge is 2.21. The lowest BCUT2D eigenvalue weighted by molar-refractivity contribution is 0.0524. The molecule has 0 aromatic carbocycles. The molecule has 0 atom stereocenters. The summed E-state index contributed by atoms with van der Waals surface area (Å²) in [4.78, 5) is 3.71. The van der Waals surface area contributed by atoms with Crippen molar-refractivity contribution in [2.75, 3.05) is 0 Å². The van der Waals surface area contributed by atoms with Crippen molar-refractivity contribution in [2.24, 2.45) is 0 Å². The monoisotopic (exact) mass is 156 g/mol. The van der Waals surface area contributed by atoms with Gasteiger partial charge in [0.15, 0.2) is 0 Å². The molecule has 0 saturated heterocycles. The van der Waals surface area contributed by atoms with Crippen LogP contribution in [0.4, 0.5) is 8.78 Å². The first-order valence-electron chi connectivity index (χ1n) is 3.20. The molecule has 0 N–H and O–H groups in total. The minimum atomic E-state index is -2.89. The van der Waals surface area contributed by atoms with E-state index >= 15 is 0 Å². The number of pyridine rings is 1. The van der Waals surface area contributed by atoms with E-state index in [9.17, 15) is 8.78 Å². The van der Waals surface area contributed by atoms with Crippen LogP contribution in [0.15, 0.2) is 24.5 Å². The van der Waals surface area contributed by atoms with Crippen molar-refractivity contribution in [1.29, 1.82) is 0 Å². The molecule has 11 heavy (non-hydrogen) atoms. The maximum atomic E-state index is 12.3. The molecule has 0 fully saturated rings. The van der Waals surface area contributed by atoms with Gasteiger partial charge >= 0.3 is 0 Å². The first-order valence-corrected chi connectivity index (χ1v) is 3.20. The van der Waals surface area contributed by atoms with E-state index in [-0.39, 0.29) is 6.42 Å². The Hall–Kier alpha value is -0.990. The molecule has 0 aliphatic heterocycles. The fraction of sp³-hybridized carbons (Fsp3) is 0.250. The minimum Gasteiger partial charge on any atom is -0.264 e. The Kier molecular flexibility index (Phi) is 2.17. The normalized spacial score (nSPS) is 11.5. The lowest BCUT2D eigenvalue weighted by atomic mass is 10.1. The van der Waals surface area contributed by atoms with Gasteiger partial charge in [-0.25, -0.2) is 8.78 Å². The SMILES string of the molecule is [CH2]C(F)(F)Cc1cccnc1. The standard InChI is InChI=1S/C8H8F2N/c1-8(9,10)5-7-3-2-4-11-6-7/h2-4,6H,1,5H2. The minimum absolute atomic E-state index is 0.346. The Morgan fingerprint density at radius 3 is 2.73 bits per heavy atom. The van der Waals surface area contributed by atoms with Gasteiger partial charge in [-0.3, -0.25) is 4.98 Å². The number of hydrogen-bond acceptors (Lipinski definition) is 1. The lowest BCUT2D eigenvalue weighted by Gasteiger charge is -2.08. The highest BCUT2D eigenvalue weighted by molar-refractivity contribution is 5.10. The van der Waals surface area contributed by atoms with Crippen molar-refractivity contribution >= 4 is 0 Å². The predicted octanol–water partition coefficient (Wildman–Crippen LogP) is 2.09. The topological polar surface area (TPSA) is 12.9 Å². The number of nitrogens with zero attached hydrogens (tertiary/aromatic N) is 1. The van der Waals surface area contributed by atoms with Crippen molar-refractivity contribution in [3.05, 3.63) is 37.0 Å². The maximum Gasteiger partial charge on any atom is 0.252 e. The third-order valence-electron chi connectivity index (χ3n) is 1.19. The Morgan fingerprint density at radius 2 is 2.27 bits per heavy atom. The van der Waals surface area contributed by atoms with Crippen LogP contribution in [0.5, 0.6) is 0 Å².